The lowest BCUT2D eigenvalue weighted by Crippen LogP contribution is -2.39. The standard InChI is InChI=1S/C16H25N3O/c1-14-6-10-19(11-7-14)16(20)15(12-17)13-18-8-4-2-3-5-9-18/h13-14H,2-11H2,1H3/b15-13-. The summed E-state index contributed by atoms with van der Waals surface area (Å²) in [5, 5.41) is 9.29. The van der Waals surface area contributed by atoms with Crippen LogP contribution in [0, 0.1) is 17.2 Å². The van der Waals surface area contributed by atoms with E-state index in [9.17, 15) is 10.1 Å². The number of amides is 1. The summed E-state index contributed by atoms with van der Waals surface area (Å²) in [5.41, 5.74) is 0.307. The third-order valence-electron chi connectivity index (χ3n) is 4.37. The Morgan fingerprint density at radius 3 is 2.25 bits per heavy atom. The van der Waals surface area contributed by atoms with Crippen LogP contribution in [0.5, 0.6) is 0 Å². The number of carbonyl (C=O) groups is 1. The monoisotopic (exact) mass is 275 g/mol. The predicted octanol–water partition coefficient (Wildman–Crippen LogP) is 2.53. The van der Waals surface area contributed by atoms with E-state index in [0.29, 0.717) is 11.5 Å². The van der Waals surface area contributed by atoms with Crippen molar-refractivity contribution in [3.8, 4) is 6.07 Å². The quantitative estimate of drug-likeness (QED) is 0.575. The van der Waals surface area contributed by atoms with Gasteiger partial charge >= 0.3 is 0 Å². The van der Waals surface area contributed by atoms with Gasteiger partial charge in [-0.25, -0.2) is 0 Å². The third-order valence-corrected chi connectivity index (χ3v) is 4.37. The maximum absolute atomic E-state index is 12.4. The highest BCUT2D eigenvalue weighted by molar-refractivity contribution is 5.97. The lowest BCUT2D eigenvalue weighted by atomic mass is 9.99. The fraction of sp³-hybridized carbons (Fsp3) is 0.750. The van der Waals surface area contributed by atoms with E-state index in [4.69, 9.17) is 0 Å². The van der Waals surface area contributed by atoms with Crippen molar-refractivity contribution in [1.29, 1.82) is 5.26 Å². The van der Waals surface area contributed by atoms with E-state index in [1.807, 2.05) is 4.90 Å². The molecular weight excluding hydrogens is 250 g/mol. The van der Waals surface area contributed by atoms with Crippen LogP contribution in [0.4, 0.5) is 0 Å². The second kappa shape index (κ2) is 7.33. The van der Waals surface area contributed by atoms with E-state index in [2.05, 4.69) is 17.9 Å². The molecule has 0 aliphatic carbocycles. The zero-order chi connectivity index (χ0) is 14.4. The molecule has 4 nitrogen and oxygen atoms in total. The van der Waals surface area contributed by atoms with Crippen molar-refractivity contribution >= 4 is 5.91 Å². The second-order valence-corrected chi connectivity index (χ2v) is 6.08. The molecule has 0 aromatic rings. The van der Waals surface area contributed by atoms with Gasteiger partial charge in [0.15, 0.2) is 0 Å². The SMILES string of the molecule is CC1CCN(C(=O)/C(C#N)=C\N2CCCCCC2)CC1. The first kappa shape index (κ1) is 14.9. The Labute approximate surface area is 122 Å². The smallest absolute Gasteiger partial charge is 0.266 e. The molecule has 2 heterocycles. The molecule has 20 heavy (non-hydrogen) atoms. The summed E-state index contributed by atoms with van der Waals surface area (Å²) in [7, 11) is 0. The highest BCUT2D eigenvalue weighted by Gasteiger charge is 2.23. The second-order valence-electron chi connectivity index (χ2n) is 6.08. The summed E-state index contributed by atoms with van der Waals surface area (Å²) in [5.74, 6) is 0.614. The average molecular weight is 275 g/mol. The van der Waals surface area contributed by atoms with Gasteiger partial charge in [-0.2, -0.15) is 5.26 Å². The summed E-state index contributed by atoms with van der Waals surface area (Å²) < 4.78 is 0. The zero-order valence-electron chi connectivity index (χ0n) is 12.5. The lowest BCUT2D eigenvalue weighted by molar-refractivity contribution is -0.128. The normalized spacial score (nSPS) is 22.3. The minimum atomic E-state index is -0.0800. The summed E-state index contributed by atoms with van der Waals surface area (Å²) >= 11 is 0. The van der Waals surface area contributed by atoms with E-state index in [0.717, 1.165) is 51.9 Å². The molecule has 0 aromatic heterocycles. The molecule has 0 unspecified atom stereocenters. The minimum absolute atomic E-state index is 0.0800. The van der Waals surface area contributed by atoms with Crippen molar-refractivity contribution < 1.29 is 4.79 Å². The molecule has 110 valence electrons. The average Bonchev–Trinajstić information content (AvgIpc) is 2.73. The fourth-order valence-electron chi connectivity index (χ4n) is 2.92. The van der Waals surface area contributed by atoms with Gasteiger partial charge in [-0.1, -0.05) is 19.8 Å². The van der Waals surface area contributed by atoms with E-state index in [1.165, 1.54) is 12.8 Å². The first-order chi connectivity index (χ1) is 9.70. The van der Waals surface area contributed by atoms with Crippen LogP contribution in [0.15, 0.2) is 11.8 Å². The lowest BCUT2D eigenvalue weighted by Gasteiger charge is -2.30. The van der Waals surface area contributed by atoms with Crippen molar-refractivity contribution in [3.05, 3.63) is 11.8 Å². The van der Waals surface area contributed by atoms with E-state index in [1.54, 1.807) is 6.20 Å². The molecule has 2 aliphatic rings. The first-order valence-electron chi connectivity index (χ1n) is 7.86. The largest absolute Gasteiger partial charge is 0.376 e. The van der Waals surface area contributed by atoms with Crippen molar-refractivity contribution in [1.82, 2.24) is 9.80 Å². The summed E-state index contributed by atoms with van der Waals surface area (Å²) in [6, 6.07) is 2.11. The molecule has 2 fully saturated rings. The van der Waals surface area contributed by atoms with Gasteiger partial charge in [-0.3, -0.25) is 4.79 Å². The van der Waals surface area contributed by atoms with Crippen LogP contribution in [0.1, 0.15) is 45.4 Å². The van der Waals surface area contributed by atoms with Crippen LogP contribution in [0.3, 0.4) is 0 Å². The molecule has 0 bridgehead atoms. The molecule has 0 radical (unpaired) electrons. The van der Waals surface area contributed by atoms with Gasteiger partial charge in [0.2, 0.25) is 0 Å². The maximum atomic E-state index is 12.4. The highest BCUT2D eigenvalue weighted by Crippen LogP contribution is 2.18. The van der Waals surface area contributed by atoms with Crippen LogP contribution < -0.4 is 0 Å². The molecule has 0 N–H and O–H groups in total. The van der Waals surface area contributed by atoms with Gasteiger partial charge in [-0.15, -0.1) is 0 Å². The number of likely N-dealkylation sites (tertiary alicyclic amines) is 2. The zero-order valence-corrected chi connectivity index (χ0v) is 12.5. The van der Waals surface area contributed by atoms with E-state index >= 15 is 0 Å². The van der Waals surface area contributed by atoms with Gasteiger partial charge in [0.1, 0.15) is 11.6 Å². The Balaban J connectivity index is 1.99. The van der Waals surface area contributed by atoms with Gasteiger partial charge in [0, 0.05) is 32.4 Å². The number of hydrogen-bond donors (Lipinski definition) is 0. The molecule has 0 saturated carbocycles. The first-order valence-corrected chi connectivity index (χ1v) is 7.86. The Bertz CT molecular complexity index is 394. The van der Waals surface area contributed by atoms with Crippen molar-refractivity contribution in [2.45, 2.75) is 45.4 Å². The molecule has 0 spiro atoms. The van der Waals surface area contributed by atoms with Gasteiger partial charge in [0.05, 0.1) is 0 Å². The van der Waals surface area contributed by atoms with Crippen LogP contribution in [-0.2, 0) is 4.79 Å². The van der Waals surface area contributed by atoms with Crippen molar-refractivity contribution in [3.63, 3.8) is 0 Å². The summed E-state index contributed by atoms with van der Waals surface area (Å²) in [4.78, 5) is 16.4. The van der Waals surface area contributed by atoms with Gasteiger partial charge in [0.25, 0.3) is 5.91 Å². The molecule has 2 saturated heterocycles. The fourth-order valence-corrected chi connectivity index (χ4v) is 2.92. The molecule has 1 amide bonds. The highest BCUT2D eigenvalue weighted by atomic mass is 16.2. The predicted molar refractivity (Wildman–Crippen MR) is 78.7 cm³/mol. The van der Waals surface area contributed by atoms with Crippen LogP contribution in [-0.4, -0.2) is 41.9 Å². The summed E-state index contributed by atoms with van der Waals surface area (Å²) in [6.45, 7) is 5.74. The number of hydrogen-bond acceptors (Lipinski definition) is 3. The van der Waals surface area contributed by atoms with Crippen LogP contribution >= 0.6 is 0 Å². The Kier molecular flexibility index (Phi) is 5.46. The Morgan fingerprint density at radius 2 is 1.70 bits per heavy atom. The summed E-state index contributed by atoms with van der Waals surface area (Å²) in [6.07, 6.45) is 8.72. The molecule has 2 aliphatic heterocycles. The number of nitrogens with zero attached hydrogens (tertiary/aromatic N) is 3. The van der Waals surface area contributed by atoms with E-state index in [-0.39, 0.29) is 5.91 Å². The van der Waals surface area contributed by atoms with Crippen LogP contribution in [0.25, 0.3) is 0 Å². The molecular formula is C16H25N3O. The van der Waals surface area contributed by atoms with Crippen molar-refractivity contribution in [2.24, 2.45) is 5.92 Å². The number of piperidine rings is 1. The Morgan fingerprint density at radius 1 is 1.10 bits per heavy atom. The van der Waals surface area contributed by atoms with Crippen molar-refractivity contribution in [2.75, 3.05) is 26.2 Å². The molecule has 0 atom stereocenters. The third kappa shape index (κ3) is 4.00. The topological polar surface area (TPSA) is 47.3 Å². The number of carbonyl (C=O) groups excluding carboxylic acids is 1. The number of nitriles is 1. The van der Waals surface area contributed by atoms with Crippen LogP contribution in [0.2, 0.25) is 0 Å². The Hall–Kier alpha value is -1.50. The molecule has 4 heteroatoms. The molecule has 2 rings (SSSR count). The molecule has 0 aromatic carbocycles. The van der Waals surface area contributed by atoms with Gasteiger partial charge in [-0.05, 0) is 31.6 Å². The number of rotatable bonds is 2. The maximum Gasteiger partial charge on any atom is 0.266 e. The minimum Gasteiger partial charge on any atom is -0.376 e. The van der Waals surface area contributed by atoms with Gasteiger partial charge < -0.3 is 9.80 Å². The van der Waals surface area contributed by atoms with E-state index < -0.39 is 0 Å².